The summed E-state index contributed by atoms with van der Waals surface area (Å²) in [5.74, 6) is 0.773. The molecule has 0 N–H and O–H groups in total. The number of benzene rings is 3. The molecule has 1 amide bonds. The van der Waals surface area contributed by atoms with Crippen LogP contribution in [0.5, 0.6) is 0 Å². The fourth-order valence-corrected chi connectivity index (χ4v) is 4.34. The number of carbonyl (C=O) groups excluding carboxylic acids is 1. The fraction of sp³-hybridized carbons (Fsp3) is 0.250. The molecule has 3 aromatic carbocycles. The van der Waals surface area contributed by atoms with Gasteiger partial charge >= 0.3 is 0 Å². The first-order valence-corrected chi connectivity index (χ1v) is 11.5. The second-order valence-corrected chi connectivity index (χ2v) is 8.87. The minimum Gasteiger partial charge on any atom is -0.328 e. The van der Waals surface area contributed by atoms with Crippen molar-refractivity contribution >= 4 is 16.8 Å². The third-order valence-electron chi connectivity index (χ3n) is 6.31. The Kier molecular flexibility index (Phi) is 5.55. The molecule has 1 unspecified atom stereocenters. The van der Waals surface area contributed by atoms with E-state index in [1.54, 1.807) is 4.57 Å². The highest BCUT2D eigenvalue weighted by atomic mass is 16.2. The number of aryl methyl sites for hydroxylation is 1. The van der Waals surface area contributed by atoms with E-state index in [0.717, 1.165) is 29.7 Å². The zero-order valence-corrected chi connectivity index (χ0v) is 18.9. The van der Waals surface area contributed by atoms with Crippen LogP contribution in [-0.2, 0) is 11.3 Å². The van der Waals surface area contributed by atoms with E-state index in [0.29, 0.717) is 23.3 Å². The van der Waals surface area contributed by atoms with Crippen molar-refractivity contribution in [2.75, 3.05) is 0 Å². The van der Waals surface area contributed by atoms with Gasteiger partial charge in [-0.1, -0.05) is 54.6 Å². The molecule has 0 spiro atoms. The highest BCUT2D eigenvalue weighted by molar-refractivity contribution is 5.82. The van der Waals surface area contributed by atoms with Crippen molar-refractivity contribution in [1.82, 2.24) is 14.5 Å². The van der Waals surface area contributed by atoms with Gasteiger partial charge in [-0.2, -0.15) is 0 Å². The van der Waals surface area contributed by atoms with Crippen LogP contribution in [0.25, 0.3) is 16.6 Å². The number of amides is 1. The summed E-state index contributed by atoms with van der Waals surface area (Å²) >= 11 is 0. The Morgan fingerprint density at radius 2 is 1.76 bits per heavy atom. The number of hydrogen-bond donors (Lipinski definition) is 0. The molecule has 1 aliphatic rings. The molecule has 0 saturated heterocycles. The highest BCUT2D eigenvalue weighted by Gasteiger charge is 2.37. The SMILES string of the molecule is Cc1cccc(-n2c(C(C)N(Cc3ccccc3)C(=O)C3CC3)nc3ccccc3c2=O)c1. The van der Waals surface area contributed by atoms with Crippen LogP contribution in [0.3, 0.4) is 0 Å². The summed E-state index contributed by atoms with van der Waals surface area (Å²) in [5, 5.41) is 0.568. The molecule has 1 heterocycles. The van der Waals surface area contributed by atoms with E-state index in [9.17, 15) is 9.59 Å². The van der Waals surface area contributed by atoms with E-state index in [-0.39, 0.29) is 23.4 Å². The number of hydrogen-bond acceptors (Lipinski definition) is 3. The molecule has 1 fully saturated rings. The maximum absolute atomic E-state index is 13.7. The Bertz CT molecular complexity index is 1370. The third kappa shape index (κ3) is 4.19. The van der Waals surface area contributed by atoms with Crippen molar-refractivity contribution in [3.8, 4) is 5.69 Å². The smallest absolute Gasteiger partial charge is 0.266 e. The van der Waals surface area contributed by atoms with Crippen molar-refractivity contribution in [2.45, 2.75) is 39.3 Å². The van der Waals surface area contributed by atoms with Gasteiger partial charge in [0.05, 0.1) is 22.6 Å². The molecule has 0 aliphatic heterocycles. The van der Waals surface area contributed by atoms with E-state index in [1.807, 2.05) is 97.6 Å². The Labute approximate surface area is 193 Å². The first-order chi connectivity index (χ1) is 16.0. The molecule has 33 heavy (non-hydrogen) atoms. The lowest BCUT2D eigenvalue weighted by Gasteiger charge is -2.31. The molecule has 5 heteroatoms. The topological polar surface area (TPSA) is 55.2 Å². The summed E-state index contributed by atoms with van der Waals surface area (Å²) in [4.78, 5) is 33.9. The number of fused-ring (bicyclic) bond motifs is 1. The molecule has 1 aromatic heterocycles. The van der Waals surface area contributed by atoms with Crippen molar-refractivity contribution in [1.29, 1.82) is 0 Å². The second kappa shape index (κ2) is 8.66. The molecule has 5 rings (SSSR count). The summed E-state index contributed by atoms with van der Waals surface area (Å²) < 4.78 is 1.68. The Morgan fingerprint density at radius 3 is 2.48 bits per heavy atom. The van der Waals surface area contributed by atoms with Crippen LogP contribution in [0, 0.1) is 12.8 Å². The molecule has 166 valence electrons. The highest BCUT2D eigenvalue weighted by Crippen LogP contribution is 2.35. The molecule has 1 aliphatic carbocycles. The zero-order chi connectivity index (χ0) is 22.9. The number of rotatable bonds is 6. The van der Waals surface area contributed by atoms with Crippen molar-refractivity contribution < 1.29 is 4.79 Å². The Balaban J connectivity index is 1.68. The molecule has 5 nitrogen and oxygen atoms in total. The van der Waals surface area contributed by atoms with E-state index in [2.05, 4.69) is 0 Å². The fourth-order valence-electron chi connectivity index (χ4n) is 4.34. The zero-order valence-electron chi connectivity index (χ0n) is 18.9. The van der Waals surface area contributed by atoms with Gasteiger partial charge in [-0.3, -0.25) is 14.2 Å². The summed E-state index contributed by atoms with van der Waals surface area (Å²) in [5.41, 5.74) is 3.40. The van der Waals surface area contributed by atoms with E-state index in [1.165, 1.54) is 0 Å². The van der Waals surface area contributed by atoms with Gasteiger partial charge in [-0.25, -0.2) is 4.98 Å². The number of carbonyl (C=O) groups is 1. The van der Waals surface area contributed by atoms with Crippen LogP contribution in [0.1, 0.15) is 42.8 Å². The lowest BCUT2D eigenvalue weighted by Crippen LogP contribution is -2.38. The van der Waals surface area contributed by atoms with E-state index in [4.69, 9.17) is 4.98 Å². The molecular weight excluding hydrogens is 410 g/mol. The lowest BCUT2D eigenvalue weighted by molar-refractivity contribution is -0.135. The van der Waals surface area contributed by atoms with Crippen LogP contribution in [0.2, 0.25) is 0 Å². The van der Waals surface area contributed by atoms with Crippen LogP contribution in [-0.4, -0.2) is 20.4 Å². The van der Waals surface area contributed by atoms with Crippen molar-refractivity contribution in [3.05, 3.63) is 106 Å². The summed E-state index contributed by atoms with van der Waals surface area (Å²) in [7, 11) is 0. The Hall–Kier alpha value is -3.73. The van der Waals surface area contributed by atoms with Crippen molar-refractivity contribution in [3.63, 3.8) is 0 Å². The van der Waals surface area contributed by atoms with Crippen LogP contribution in [0.4, 0.5) is 0 Å². The molecule has 0 bridgehead atoms. The van der Waals surface area contributed by atoms with Gasteiger partial charge in [-0.15, -0.1) is 0 Å². The van der Waals surface area contributed by atoms with Crippen LogP contribution >= 0.6 is 0 Å². The predicted molar refractivity (Wildman–Crippen MR) is 130 cm³/mol. The van der Waals surface area contributed by atoms with Gasteiger partial charge in [0.25, 0.3) is 5.56 Å². The number of aromatic nitrogens is 2. The maximum Gasteiger partial charge on any atom is 0.266 e. The Morgan fingerprint density at radius 1 is 1.03 bits per heavy atom. The monoisotopic (exact) mass is 437 g/mol. The van der Waals surface area contributed by atoms with Gasteiger partial charge < -0.3 is 4.90 Å². The normalized spacial score (nSPS) is 14.2. The quantitative estimate of drug-likeness (QED) is 0.417. The standard InChI is InChI=1S/C28H27N3O2/c1-19-9-8-12-23(17-19)31-26(29-25-14-7-6-13-24(25)28(31)33)20(2)30(27(32)22-15-16-22)18-21-10-4-3-5-11-21/h3-14,17,20,22H,15-16,18H2,1-2H3. The molecule has 0 radical (unpaired) electrons. The first-order valence-electron chi connectivity index (χ1n) is 11.5. The molecular formula is C28H27N3O2. The van der Waals surface area contributed by atoms with Crippen molar-refractivity contribution in [2.24, 2.45) is 5.92 Å². The lowest BCUT2D eigenvalue weighted by atomic mass is 10.1. The molecule has 1 saturated carbocycles. The third-order valence-corrected chi connectivity index (χ3v) is 6.31. The minimum atomic E-state index is -0.379. The van der Waals surface area contributed by atoms with E-state index >= 15 is 0 Å². The maximum atomic E-state index is 13.7. The van der Waals surface area contributed by atoms with Gasteiger partial charge in [0.1, 0.15) is 5.82 Å². The van der Waals surface area contributed by atoms with Crippen LogP contribution in [0.15, 0.2) is 83.7 Å². The summed E-state index contributed by atoms with van der Waals surface area (Å²) in [6, 6.07) is 24.9. The van der Waals surface area contributed by atoms with Gasteiger partial charge in [-0.05, 0) is 62.1 Å². The average molecular weight is 438 g/mol. The second-order valence-electron chi connectivity index (χ2n) is 8.87. The van der Waals surface area contributed by atoms with E-state index < -0.39 is 0 Å². The predicted octanol–water partition coefficient (Wildman–Crippen LogP) is 5.19. The van der Waals surface area contributed by atoms with Gasteiger partial charge in [0.2, 0.25) is 5.91 Å². The summed E-state index contributed by atoms with van der Waals surface area (Å²) in [6.07, 6.45) is 1.85. The average Bonchev–Trinajstić information content (AvgIpc) is 3.68. The summed E-state index contributed by atoms with van der Waals surface area (Å²) in [6.45, 7) is 4.46. The number of para-hydroxylation sites is 1. The van der Waals surface area contributed by atoms with Crippen LogP contribution < -0.4 is 5.56 Å². The minimum absolute atomic E-state index is 0.0655. The molecule has 1 atom stereocenters. The largest absolute Gasteiger partial charge is 0.328 e. The number of nitrogens with zero attached hydrogens (tertiary/aromatic N) is 3. The first kappa shape index (κ1) is 21.1. The van der Waals surface area contributed by atoms with Gasteiger partial charge in [0, 0.05) is 12.5 Å². The van der Waals surface area contributed by atoms with Gasteiger partial charge in [0.15, 0.2) is 0 Å². The molecule has 4 aromatic rings.